The van der Waals surface area contributed by atoms with Gasteiger partial charge in [0.15, 0.2) is 12.3 Å². The monoisotopic (exact) mass is 1080 g/mol. The maximum Gasteiger partial charge on any atom is 0.481 e. The van der Waals surface area contributed by atoms with Crippen LogP contribution in [0.2, 0.25) is 0 Å². The van der Waals surface area contributed by atoms with Crippen LogP contribution in [0.25, 0.3) is 0 Å². The second kappa shape index (κ2) is 38.0. The van der Waals surface area contributed by atoms with E-state index >= 15 is 0 Å². The number of esters is 2. The van der Waals surface area contributed by atoms with E-state index in [2.05, 4.69) is 35.3 Å². The Bertz CT molecular complexity index is 2010. The Morgan fingerprint density at radius 3 is 1.97 bits per heavy atom. The Morgan fingerprint density at radius 1 is 0.740 bits per heavy atom. The summed E-state index contributed by atoms with van der Waals surface area (Å²) in [5.74, 6) is -1.66. The number of hydrogen-bond donors (Lipinski definition) is 8. The molecular formula is C50H83N3O18P2. The number of aliphatic hydroxyl groups excluding tert-OH is 5. The second-order valence-electron chi connectivity index (χ2n) is 17.9. The number of phosphoric acid groups is 2. The van der Waals surface area contributed by atoms with Gasteiger partial charge in [-0.25, -0.2) is 13.9 Å². The van der Waals surface area contributed by atoms with Gasteiger partial charge in [0, 0.05) is 19.0 Å². The molecule has 9 N–H and O–H groups in total. The summed E-state index contributed by atoms with van der Waals surface area (Å²) >= 11 is 0. The first-order chi connectivity index (χ1) is 34.9. The number of nitrogens with zero attached hydrogens (tertiary/aromatic N) is 2. The van der Waals surface area contributed by atoms with E-state index in [-0.39, 0.29) is 31.5 Å². The van der Waals surface area contributed by atoms with E-state index in [1.54, 1.807) is 36.5 Å². The minimum atomic E-state index is -5.52. The number of aliphatic hydroxyl groups is 5. The Labute approximate surface area is 430 Å². The zero-order chi connectivity index (χ0) is 53.9. The van der Waals surface area contributed by atoms with Crippen LogP contribution in [0.4, 0.5) is 5.82 Å². The molecular weight excluding hydrogens is 993 g/mol. The molecule has 1 fully saturated rings. The van der Waals surface area contributed by atoms with Gasteiger partial charge in [0.05, 0.1) is 31.5 Å². The molecule has 21 nitrogen and oxygen atoms in total. The molecule has 0 saturated carbocycles. The molecule has 0 radical (unpaired) electrons. The topological polar surface area (TPSA) is 326 Å². The molecule has 1 saturated heterocycles. The van der Waals surface area contributed by atoms with Crippen molar-refractivity contribution in [3.63, 3.8) is 0 Å². The molecule has 1 aromatic rings. The van der Waals surface area contributed by atoms with E-state index in [4.69, 9.17) is 29.0 Å². The van der Waals surface area contributed by atoms with Crippen molar-refractivity contribution in [3.8, 4) is 0 Å². The number of unbranched alkanes of at least 4 members (excludes halogenated alkanes) is 13. The molecule has 23 heteroatoms. The summed E-state index contributed by atoms with van der Waals surface area (Å²) in [5.41, 5.74) is 4.55. The lowest BCUT2D eigenvalue weighted by Gasteiger charge is -2.21. The SMILES string of the molecule is CCCCCCCC/C=C\CCCCCCCC(=O)OC[C@H](COP(=O)(O)OP(=O)(O)OC[C@H]1O[C@@H](n2ccc(N)nc2=O)[C@H](O)[C@@H]1O)OC(=O)CCC[C@H](O)[C@@H](O)/C=C/C=C/C=C\C=C\[C@@H](O)CCCCC. The van der Waals surface area contributed by atoms with Gasteiger partial charge >= 0.3 is 33.3 Å². The highest BCUT2D eigenvalue weighted by atomic mass is 31.3. The fourth-order valence-electron chi connectivity index (χ4n) is 7.28. The Morgan fingerprint density at radius 2 is 1.32 bits per heavy atom. The highest BCUT2D eigenvalue weighted by molar-refractivity contribution is 7.61. The first-order valence-corrected chi connectivity index (χ1v) is 28.6. The van der Waals surface area contributed by atoms with Crippen molar-refractivity contribution >= 4 is 33.4 Å². The first-order valence-electron chi connectivity index (χ1n) is 25.6. The molecule has 2 rings (SSSR count). The van der Waals surface area contributed by atoms with Gasteiger partial charge in [-0.1, -0.05) is 145 Å². The number of hydrogen-bond acceptors (Lipinski definition) is 18. The van der Waals surface area contributed by atoms with Crippen LogP contribution in [0.1, 0.15) is 155 Å². The summed E-state index contributed by atoms with van der Waals surface area (Å²) in [6.45, 7) is 1.70. The van der Waals surface area contributed by atoms with Crippen LogP contribution in [0.5, 0.6) is 0 Å². The molecule has 73 heavy (non-hydrogen) atoms. The lowest BCUT2D eigenvalue weighted by atomic mass is 10.1. The van der Waals surface area contributed by atoms with Crippen molar-refractivity contribution in [2.75, 3.05) is 25.6 Å². The lowest BCUT2D eigenvalue weighted by Crippen LogP contribution is -2.36. The Balaban J connectivity index is 1.90. The number of anilines is 1. The number of rotatable bonds is 41. The number of ether oxygens (including phenoxy) is 3. The predicted molar refractivity (Wildman–Crippen MR) is 274 cm³/mol. The van der Waals surface area contributed by atoms with Gasteiger partial charge in [0.25, 0.3) is 0 Å². The molecule has 10 atom stereocenters. The number of nitrogens with two attached hydrogens (primary N) is 1. The predicted octanol–water partition coefficient (Wildman–Crippen LogP) is 7.25. The fourth-order valence-corrected chi connectivity index (χ4v) is 9.39. The molecule has 1 aromatic heterocycles. The first kappa shape index (κ1) is 65.5. The van der Waals surface area contributed by atoms with Crippen molar-refractivity contribution in [2.45, 2.75) is 198 Å². The smallest absolute Gasteiger partial charge is 0.462 e. The molecule has 0 amide bonds. The normalized spacial score (nSPS) is 20.8. The van der Waals surface area contributed by atoms with Crippen LogP contribution in [-0.2, 0) is 46.3 Å². The minimum absolute atomic E-state index is 0.0282. The molecule has 2 heterocycles. The minimum Gasteiger partial charge on any atom is -0.462 e. The number of carbonyl (C=O) groups is 2. The second-order valence-corrected chi connectivity index (χ2v) is 20.9. The Hall–Kier alpha value is -3.66. The van der Waals surface area contributed by atoms with Crippen molar-refractivity contribution in [1.29, 1.82) is 0 Å². The average Bonchev–Trinajstić information content (AvgIpc) is 3.62. The zero-order valence-electron chi connectivity index (χ0n) is 42.5. The van der Waals surface area contributed by atoms with Gasteiger partial charge < -0.3 is 55.3 Å². The Kier molecular flexibility index (Phi) is 34.0. The molecule has 2 unspecified atom stereocenters. The molecule has 0 spiro atoms. The number of nitrogen functional groups attached to an aromatic ring is 1. The van der Waals surface area contributed by atoms with E-state index in [1.807, 2.05) is 0 Å². The van der Waals surface area contributed by atoms with Crippen LogP contribution in [0.3, 0.4) is 0 Å². The van der Waals surface area contributed by atoms with Crippen molar-refractivity contribution < 1.29 is 81.6 Å². The third kappa shape index (κ3) is 30.5. The van der Waals surface area contributed by atoms with E-state index < -0.39 is 102 Å². The van der Waals surface area contributed by atoms with Gasteiger partial charge in [-0.15, -0.1) is 0 Å². The van der Waals surface area contributed by atoms with E-state index in [1.165, 1.54) is 56.7 Å². The van der Waals surface area contributed by atoms with Gasteiger partial charge in [-0.05, 0) is 57.4 Å². The third-order valence-corrected chi connectivity index (χ3v) is 14.0. The van der Waals surface area contributed by atoms with E-state index in [0.29, 0.717) is 12.8 Å². The number of carbonyl (C=O) groups excluding carboxylic acids is 2. The van der Waals surface area contributed by atoms with Crippen LogP contribution in [0, 0.1) is 0 Å². The average molecular weight is 1080 g/mol. The van der Waals surface area contributed by atoms with E-state index in [0.717, 1.165) is 68.6 Å². The maximum atomic E-state index is 12.9. The van der Waals surface area contributed by atoms with Crippen LogP contribution in [0.15, 0.2) is 77.8 Å². The largest absolute Gasteiger partial charge is 0.481 e. The molecule has 416 valence electrons. The van der Waals surface area contributed by atoms with Crippen molar-refractivity contribution in [2.24, 2.45) is 0 Å². The highest BCUT2D eigenvalue weighted by Crippen LogP contribution is 2.60. The maximum absolute atomic E-state index is 12.9. The number of allylic oxidation sites excluding steroid dienone is 8. The van der Waals surface area contributed by atoms with Crippen molar-refractivity contribution in [1.82, 2.24) is 9.55 Å². The number of phosphoric ester groups is 2. The summed E-state index contributed by atoms with van der Waals surface area (Å²) in [7, 11) is -11.0. The molecule has 1 aliphatic heterocycles. The number of aromatic nitrogens is 2. The lowest BCUT2D eigenvalue weighted by molar-refractivity contribution is -0.161. The summed E-state index contributed by atoms with van der Waals surface area (Å²) in [4.78, 5) is 61.9. The molecule has 0 aromatic carbocycles. The molecule has 1 aliphatic rings. The summed E-state index contributed by atoms with van der Waals surface area (Å²) in [5, 5.41) is 51.7. The summed E-state index contributed by atoms with van der Waals surface area (Å²) in [6, 6.07) is 1.22. The standard InChI is InChI=1S/C50H83N3O18P2/c1-3-5-7-8-9-10-11-12-13-14-15-16-17-22-26-32-45(57)66-36-40(69-46(58)33-27-31-42(56)41(55)30-25-21-19-18-20-24-29-39(54)28-23-6-4-2)37-67-72(62,63)71-73(64,65)68-38-43-47(59)48(60)49(70-43)53-35-34-44(51)52-50(53)61/h12-13,18-21,24-25,29-30,34-35,39-43,47-49,54-56,59-60H,3-11,14-17,22-23,26-28,31-33,36-38H2,1-2H3,(H,62,63)(H,64,65)(H2,51,52,61)/b13-12-,20-18-,21-19+,29-24+,30-25+/t39-,40+,41-,42-,43+,47+,48+,49+/m0/s1. The van der Waals surface area contributed by atoms with Crippen LogP contribution >= 0.6 is 15.6 Å². The van der Waals surface area contributed by atoms with E-state index in [9.17, 15) is 58.8 Å². The summed E-state index contributed by atoms with van der Waals surface area (Å²) in [6.07, 6.45) is 25.1. The van der Waals surface area contributed by atoms with Gasteiger partial charge in [0.1, 0.15) is 30.7 Å². The van der Waals surface area contributed by atoms with Gasteiger partial charge in [0.2, 0.25) is 0 Å². The zero-order valence-corrected chi connectivity index (χ0v) is 44.3. The third-order valence-electron chi connectivity index (χ3n) is 11.4. The van der Waals surface area contributed by atoms with Crippen molar-refractivity contribution in [3.05, 3.63) is 83.5 Å². The highest BCUT2D eigenvalue weighted by Gasteiger charge is 2.46. The molecule has 0 bridgehead atoms. The summed E-state index contributed by atoms with van der Waals surface area (Å²) < 4.78 is 56.5. The molecule has 0 aliphatic carbocycles. The van der Waals surface area contributed by atoms with Gasteiger partial charge in [-0.3, -0.25) is 23.2 Å². The fraction of sp³-hybridized carbons (Fsp3) is 0.680. The quantitative estimate of drug-likeness (QED) is 0.0105. The van der Waals surface area contributed by atoms with Crippen LogP contribution < -0.4 is 11.4 Å². The van der Waals surface area contributed by atoms with Crippen LogP contribution in [-0.4, -0.2) is 119 Å². The van der Waals surface area contributed by atoms with Gasteiger partial charge in [-0.2, -0.15) is 9.29 Å².